The monoisotopic (exact) mass is 189 g/mol. The average molecular weight is 189 g/mol. The summed E-state index contributed by atoms with van der Waals surface area (Å²) >= 11 is 0. The predicted octanol–water partition coefficient (Wildman–Crippen LogP) is 3.51. The molecule has 1 fully saturated rings. The first kappa shape index (κ1) is 9.57. The number of aryl methyl sites for hydroxylation is 2. The van der Waals surface area contributed by atoms with Gasteiger partial charge in [0.25, 0.3) is 0 Å². The number of hydrogen-bond acceptors (Lipinski definition) is 1. The molecule has 0 saturated heterocycles. The second-order valence-electron chi connectivity index (χ2n) is 4.65. The molecule has 1 heteroatoms. The topological polar surface area (TPSA) is 12.0 Å². The lowest BCUT2D eigenvalue weighted by atomic mass is 10.1. The van der Waals surface area contributed by atoms with Crippen LogP contribution in [-0.4, -0.2) is 6.04 Å². The van der Waals surface area contributed by atoms with Crippen LogP contribution in [-0.2, 0) is 0 Å². The van der Waals surface area contributed by atoms with Crippen molar-refractivity contribution < 1.29 is 0 Å². The van der Waals surface area contributed by atoms with Gasteiger partial charge in [-0.1, -0.05) is 6.07 Å². The molecule has 2 rings (SSSR count). The van der Waals surface area contributed by atoms with Crippen molar-refractivity contribution in [1.82, 2.24) is 0 Å². The van der Waals surface area contributed by atoms with Crippen molar-refractivity contribution in [3.05, 3.63) is 29.3 Å². The van der Waals surface area contributed by atoms with Crippen LogP contribution in [0.2, 0.25) is 0 Å². The highest BCUT2D eigenvalue weighted by atomic mass is 14.9. The average Bonchev–Trinajstić information content (AvgIpc) is 2.82. The van der Waals surface area contributed by atoms with Crippen LogP contribution in [0.25, 0.3) is 0 Å². The van der Waals surface area contributed by atoms with Crippen molar-refractivity contribution in [2.75, 3.05) is 5.32 Å². The van der Waals surface area contributed by atoms with Gasteiger partial charge >= 0.3 is 0 Å². The van der Waals surface area contributed by atoms with Crippen LogP contribution in [0.5, 0.6) is 0 Å². The summed E-state index contributed by atoms with van der Waals surface area (Å²) < 4.78 is 0. The maximum Gasteiger partial charge on any atom is 0.0347 e. The van der Waals surface area contributed by atoms with Crippen molar-refractivity contribution in [2.45, 2.75) is 39.7 Å². The molecule has 0 aliphatic heterocycles. The molecule has 0 spiro atoms. The quantitative estimate of drug-likeness (QED) is 0.767. The summed E-state index contributed by atoms with van der Waals surface area (Å²) in [5, 5.41) is 3.59. The van der Waals surface area contributed by atoms with Gasteiger partial charge in [0.1, 0.15) is 0 Å². The normalized spacial score (nSPS) is 17.9. The van der Waals surface area contributed by atoms with Gasteiger partial charge in [-0.2, -0.15) is 0 Å². The third-order valence-corrected chi connectivity index (χ3v) is 2.95. The Balaban J connectivity index is 2.07. The van der Waals surface area contributed by atoms with Crippen LogP contribution < -0.4 is 5.32 Å². The van der Waals surface area contributed by atoms with Gasteiger partial charge < -0.3 is 5.32 Å². The number of hydrogen-bond donors (Lipinski definition) is 1. The summed E-state index contributed by atoms with van der Waals surface area (Å²) in [7, 11) is 0. The maximum absolute atomic E-state index is 3.59. The first-order valence-electron chi connectivity index (χ1n) is 5.50. The summed E-state index contributed by atoms with van der Waals surface area (Å²) in [4.78, 5) is 0. The largest absolute Gasteiger partial charge is 0.382 e. The number of rotatable bonds is 3. The van der Waals surface area contributed by atoms with Crippen LogP contribution in [0.15, 0.2) is 18.2 Å². The lowest BCUT2D eigenvalue weighted by Crippen LogP contribution is -2.17. The van der Waals surface area contributed by atoms with Crippen LogP contribution in [0.1, 0.15) is 30.9 Å². The predicted molar refractivity (Wildman–Crippen MR) is 61.7 cm³/mol. The van der Waals surface area contributed by atoms with E-state index >= 15 is 0 Å². The molecule has 1 N–H and O–H groups in total. The molecule has 0 heterocycles. The Morgan fingerprint density at radius 3 is 2.21 bits per heavy atom. The van der Waals surface area contributed by atoms with Crippen molar-refractivity contribution in [1.29, 1.82) is 0 Å². The molecule has 0 unspecified atom stereocenters. The van der Waals surface area contributed by atoms with E-state index in [9.17, 15) is 0 Å². The van der Waals surface area contributed by atoms with E-state index in [2.05, 4.69) is 44.3 Å². The van der Waals surface area contributed by atoms with Gasteiger partial charge in [0.05, 0.1) is 0 Å². The molecule has 1 aromatic carbocycles. The fourth-order valence-electron chi connectivity index (χ4n) is 2.03. The minimum atomic E-state index is 0.635. The Morgan fingerprint density at radius 2 is 1.71 bits per heavy atom. The van der Waals surface area contributed by atoms with E-state index in [0.29, 0.717) is 6.04 Å². The van der Waals surface area contributed by atoms with Gasteiger partial charge in [-0.3, -0.25) is 0 Å². The lowest BCUT2D eigenvalue weighted by Gasteiger charge is -2.15. The summed E-state index contributed by atoms with van der Waals surface area (Å²) in [6.45, 7) is 6.59. The zero-order valence-corrected chi connectivity index (χ0v) is 9.30. The standard InChI is InChI=1S/C13H19N/c1-9-6-10(2)8-13(7-9)14-11(3)12-4-5-12/h6-8,11-12,14H,4-5H2,1-3H3/t11-/m1/s1. The van der Waals surface area contributed by atoms with E-state index in [1.54, 1.807) is 0 Å². The van der Waals surface area contributed by atoms with Crippen LogP contribution in [0, 0.1) is 19.8 Å². The third-order valence-electron chi connectivity index (χ3n) is 2.95. The highest BCUT2D eigenvalue weighted by molar-refractivity contribution is 5.49. The molecule has 1 atom stereocenters. The van der Waals surface area contributed by atoms with E-state index < -0.39 is 0 Å². The first-order chi connectivity index (χ1) is 6.65. The van der Waals surface area contributed by atoms with Crippen molar-refractivity contribution in [2.24, 2.45) is 5.92 Å². The number of benzene rings is 1. The van der Waals surface area contributed by atoms with Crippen molar-refractivity contribution in [3.8, 4) is 0 Å². The number of anilines is 1. The van der Waals surface area contributed by atoms with Gasteiger partial charge in [-0.15, -0.1) is 0 Å². The minimum Gasteiger partial charge on any atom is -0.382 e. The Labute approximate surface area is 86.5 Å². The van der Waals surface area contributed by atoms with Crippen LogP contribution >= 0.6 is 0 Å². The maximum atomic E-state index is 3.59. The smallest absolute Gasteiger partial charge is 0.0347 e. The van der Waals surface area contributed by atoms with Gasteiger partial charge in [0, 0.05) is 11.7 Å². The first-order valence-corrected chi connectivity index (χ1v) is 5.50. The SMILES string of the molecule is Cc1cc(C)cc(N[C@H](C)C2CC2)c1. The molecule has 1 saturated carbocycles. The molecular weight excluding hydrogens is 170 g/mol. The zero-order valence-electron chi connectivity index (χ0n) is 9.30. The summed E-state index contributed by atoms with van der Waals surface area (Å²) in [6.07, 6.45) is 2.80. The molecule has 1 aromatic rings. The van der Waals surface area contributed by atoms with Crippen molar-refractivity contribution in [3.63, 3.8) is 0 Å². The zero-order chi connectivity index (χ0) is 10.1. The second-order valence-corrected chi connectivity index (χ2v) is 4.65. The molecule has 0 aromatic heterocycles. The third kappa shape index (κ3) is 2.28. The van der Waals surface area contributed by atoms with E-state index in [4.69, 9.17) is 0 Å². The molecule has 1 aliphatic rings. The molecule has 0 radical (unpaired) electrons. The van der Waals surface area contributed by atoms with Crippen molar-refractivity contribution >= 4 is 5.69 Å². The second kappa shape index (κ2) is 3.64. The van der Waals surface area contributed by atoms with Gasteiger partial charge in [0.15, 0.2) is 0 Å². The van der Waals surface area contributed by atoms with E-state index in [0.717, 1.165) is 5.92 Å². The van der Waals surface area contributed by atoms with Gasteiger partial charge in [-0.25, -0.2) is 0 Å². The Kier molecular flexibility index (Phi) is 2.49. The lowest BCUT2D eigenvalue weighted by molar-refractivity contribution is 0.694. The molecule has 14 heavy (non-hydrogen) atoms. The Hall–Kier alpha value is -0.980. The highest BCUT2D eigenvalue weighted by Crippen LogP contribution is 2.34. The summed E-state index contributed by atoms with van der Waals surface area (Å²) in [6, 6.07) is 7.31. The molecule has 1 aliphatic carbocycles. The van der Waals surface area contributed by atoms with Crippen LogP contribution in [0.3, 0.4) is 0 Å². The van der Waals surface area contributed by atoms with Gasteiger partial charge in [0.2, 0.25) is 0 Å². The molecule has 1 nitrogen and oxygen atoms in total. The molecular formula is C13H19N. The van der Waals surface area contributed by atoms with Gasteiger partial charge in [-0.05, 0) is 62.8 Å². The van der Waals surface area contributed by atoms with E-state index in [1.165, 1.54) is 29.7 Å². The molecule has 0 amide bonds. The highest BCUT2D eigenvalue weighted by Gasteiger charge is 2.27. The Morgan fingerprint density at radius 1 is 1.14 bits per heavy atom. The molecule has 76 valence electrons. The van der Waals surface area contributed by atoms with E-state index in [-0.39, 0.29) is 0 Å². The minimum absolute atomic E-state index is 0.635. The fourth-order valence-corrected chi connectivity index (χ4v) is 2.03. The summed E-state index contributed by atoms with van der Waals surface area (Å²) in [5.41, 5.74) is 3.97. The fraction of sp³-hybridized carbons (Fsp3) is 0.538. The van der Waals surface area contributed by atoms with Crippen LogP contribution in [0.4, 0.5) is 5.69 Å². The molecule has 0 bridgehead atoms. The van der Waals surface area contributed by atoms with E-state index in [1.807, 2.05) is 0 Å². The number of nitrogens with one attached hydrogen (secondary N) is 1. The summed E-state index contributed by atoms with van der Waals surface area (Å²) in [5.74, 6) is 0.913. The Bertz CT molecular complexity index is 306.